The summed E-state index contributed by atoms with van der Waals surface area (Å²) >= 11 is 0. The Kier molecular flexibility index (Phi) is 2.41. The van der Waals surface area contributed by atoms with Crippen molar-refractivity contribution in [2.75, 3.05) is 6.54 Å². The summed E-state index contributed by atoms with van der Waals surface area (Å²) in [6.45, 7) is 5.35. The SMILES string of the molecule is CC(C)N1C(N)=NCC12CCCCC2. The van der Waals surface area contributed by atoms with Crippen LogP contribution >= 0.6 is 0 Å². The summed E-state index contributed by atoms with van der Waals surface area (Å²) in [6.07, 6.45) is 6.61. The van der Waals surface area contributed by atoms with E-state index in [9.17, 15) is 0 Å². The van der Waals surface area contributed by atoms with E-state index in [0.29, 0.717) is 6.04 Å². The number of rotatable bonds is 1. The average molecular weight is 195 g/mol. The summed E-state index contributed by atoms with van der Waals surface area (Å²) in [6, 6.07) is 0.486. The van der Waals surface area contributed by atoms with Crippen LogP contribution in [0.1, 0.15) is 46.0 Å². The molecule has 0 aromatic heterocycles. The topological polar surface area (TPSA) is 41.6 Å². The maximum atomic E-state index is 5.96. The lowest BCUT2D eigenvalue weighted by Gasteiger charge is -2.44. The maximum Gasteiger partial charge on any atom is 0.192 e. The van der Waals surface area contributed by atoms with E-state index < -0.39 is 0 Å². The second-order valence-corrected chi connectivity index (χ2v) is 4.92. The summed E-state index contributed by atoms with van der Waals surface area (Å²) in [5, 5.41) is 0. The number of nitrogens with zero attached hydrogens (tertiary/aromatic N) is 2. The molecular weight excluding hydrogens is 174 g/mol. The molecule has 3 nitrogen and oxygen atoms in total. The van der Waals surface area contributed by atoms with Crippen molar-refractivity contribution in [2.24, 2.45) is 10.7 Å². The Balaban J connectivity index is 2.19. The van der Waals surface area contributed by atoms with Gasteiger partial charge in [-0.2, -0.15) is 0 Å². The van der Waals surface area contributed by atoms with E-state index in [4.69, 9.17) is 5.73 Å². The predicted octanol–water partition coefficient (Wildman–Crippen LogP) is 1.73. The van der Waals surface area contributed by atoms with E-state index in [-0.39, 0.29) is 5.54 Å². The molecule has 0 aromatic rings. The zero-order valence-corrected chi connectivity index (χ0v) is 9.29. The first kappa shape index (κ1) is 9.81. The highest BCUT2D eigenvalue weighted by atomic mass is 15.4. The Morgan fingerprint density at radius 3 is 2.50 bits per heavy atom. The van der Waals surface area contributed by atoms with Crippen molar-refractivity contribution in [3.05, 3.63) is 0 Å². The average Bonchev–Trinajstić information content (AvgIpc) is 2.45. The smallest absolute Gasteiger partial charge is 0.192 e. The fourth-order valence-electron chi connectivity index (χ4n) is 3.04. The lowest BCUT2D eigenvalue weighted by Crippen LogP contribution is -2.55. The van der Waals surface area contributed by atoms with E-state index >= 15 is 0 Å². The number of hydrogen-bond acceptors (Lipinski definition) is 3. The third-order valence-corrected chi connectivity index (χ3v) is 3.59. The van der Waals surface area contributed by atoms with Crippen LogP contribution in [0, 0.1) is 0 Å². The highest BCUT2D eigenvalue weighted by molar-refractivity contribution is 5.81. The Labute approximate surface area is 86.4 Å². The van der Waals surface area contributed by atoms with Crippen LogP contribution in [-0.4, -0.2) is 29.0 Å². The van der Waals surface area contributed by atoms with Gasteiger partial charge in [-0.1, -0.05) is 19.3 Å². The van der Waals surface area contributed by atoms with Crippen molar-refractivity contribution in [3.63, 3.8) is 0 Å². The lowest BCUT2D eigenvalue weighted by atomic mass is 9.80. The first-order chi connectivity index (χ1) is 6.66. The minimum atomic E-state index is 0.288. The summed E-state index contributed by atoms with van der Waals surface area (Å²) in [5.41, 5.74) is 6.25. The third kappa shape index (κ3) is 1.39. The van der Waals surface area contributed by atoms with Crippen molar-refractivity contribution in [2.45, 2.75) is 57.5 Å². The Hall–Kier alpha value is -0.730. The van der Waals surface area contributed by atoms with Crippen LogP contribution < -0.4 is 5.73 Å². The Bertz CT molecular complexity index is 239. The van der Waals surface area contributed by atoms with Crippen LogP contribution in [0.25, 0.3) is 0 Å². The van der Waals surface area contributed by atoms with Crippen molar-refractivity contribution in [3.8, 4) is 0 Å². The zero-order valence-electron chi connectivity index (χ0n) is 9.29. The van der Waals surface area contributed by atoms with Crippen molar-refractivity contribution < 1.29 is 0 Å². The fourth-order valence-corrected chi connectivity index (χ4v) is 3.04. The van der Waals surface area contributed by atoms with Crippen LogP contribution in [0.5, 0.6) is 0 Å². The molecule has 2 rings (SSSR count). The molecule has 0 saturated heterocycles. The quantitative estimate of drug-likeness (QED) is 0.692. The zero-order chi connectivity index (χ0) is 10.2. The maximum absolute atomic E-state index is 5.96. The highest BCUT2D eigenvalue weighted by Gasteiger charge is 2.43. The molecule has 1 saturated carbocycles. The fraction of sp³-hybridized carbons (Fsp3) is 0.909. The van der Waals surface area contributed by atoms with Gasteiger partial charge < -0.3 is 10.6 Å². The van der Waals surface area contributed by atoms with Crippen LogP contribution in [0.15, 0.2) is 4.99 Å². The minimum Gasteiger partial charge on any atom is -0.370 e. The molecule has 0 aromatic carbocycles. The monoisotopic (exact) mass is 195 g/mol. The molecule has 3 heteroatoms. The van der Waals surface area contributed by atoms with Gasteiger partial charge in [-0.25, -0.2) is 0 Å². The number of hydrogen-bond donors (Lipinski definition) is 1. The molecule has 1 heterocycles. The van der Waals surface area contributed by atoms with Crippen LogP contribution in [0.4, 0.5) is 0 Å². The van der Waals surface area contributed by atoms with Crippen molar-refractivity contribution >= 4 is 5.96 Å². The predicted molar refractivity (Wildman–Crippen MR) is 59.3 cm³/mol. The summed E-state index contributed by atoms with van der Waals surface area (Å²) in [4.78, 5) is 6.79. The van der Waals surface area contributed by atoms with E-state index in [1.165, 1.54) is 32.1 Å². The molecule has 1 fully saturated rings. The normalized spacial score (nSPS) is 25.9. The van der Waals surface area contributed by atoms with Gasteiger partial charge in [0.1, 0.15) is 0 Å². The van der Waals surface area contributed by atoms with Crippen LogP contribution in [-0.2, 0) is 0 Å². The number of nitrogens with two attached hydrogens (primary N) is 1. The molecule has 0 radical (unpaired) electrons. The van der Waals surface area contributed by atoms with Gasteiger partial charge in [0.05, 0.1) is 12.1 Å². The highest BCUT2D eigenvalue weighted by Crippen LogP contribution is 2.37. The molecule has 0 amide bonds. The molecule has 1 aliphatic carbocycles. The minimum absolute atomic E-state index is 0.288. The van der Waals surface area contributed by atoms with Crippen molar-refractivity contribution in [1.82, 2.24) is 4.90 Å². The number of guanidine groups is 1. The van der Waals surface area contributed by atoms with Crippen LogP contribution in [0.3, 0.4) is 0 Å². The van der Waals surface area contributed by atoms with Gasteiger partial charge in [0.15, 0.2) is 5.96 Å². The van der Waals surface area contributed by atoms with Gasteiger partial charge >= 0.3 is 0 Å². The van der Waals surface area contributed by atoms with E-state index in [1.54, 1.807) is 0 Å². The molecular formula is C11H21N3. The molecule has 0 unspecified atom stereocenters. The first-order valence-corrected chi connectivity index (χ1v) is 5.75. The molecule has 0 bridgehead atoms. The molecule has 0 atom stereocenters. The standard InChI is InChI=1S/C11H21N3/c1-9(2)14-10(12)13-8-11(14)6-4-3-5-7-11/h9H,3-8H2,1-2H3,(H2,12,13). The van der Waals surface area contributed by atoms with Crippen LogP contribution in [0.2, 0.25) is 0 Å². The second-order valence-electron chi connectivity index (χ2n) is 4.92. The van der Waals surface area contributed by atoms with Gasteiger partial charge in [0.25, 0.3) is 0 Å². The third-order valence-electron chi connectivity index (χ3n) is 3.59. The van der Waals surface area contributed by atoms with Gasteiger partial charge in [-0.3, -0.25) is 4.99 Å². The first-order valence-electron chi connectivity index (χ1n) is 5.75. The molecule has 2 N–H and O–H groups in total. The van der Waals surface area contributed by atoms with Crippen molar-refractivity contribution in [1.29, 1.82) is 0 Å². The largest absolute Gasteiger partial charge is 0.370 e. The molecule has 14 heavy (non-hydrogen) atoms. The summed E-state index contributed by atoms with van der Waals surface area (Å²) in [7, 11) is 0. The van der Waals surface area contributed by atoms with E-state index in [1.807, 2.05) is 0 Å². The molecule has 1 aliphatic heterocycles. The second kappa shape index (κ2) is 3.44. The van der Waals surface area contributed by atoms with Gasteiger partial charge in [-0.05, 0) is 26.7 Å². The summed E-state index contributed by atoms with van der Waals surface area (Å²) in [5.74, 6) is 0.766. The van der Waals surface area contributed by atoms with Gasteiger partial charge in [-0.15, -0.1) is 0 Å². The molecule has 80 valence electrons. The Morgan fingerprint density at radius 2 is 1.93 bits per heavy atom. The Morgan fingerprint density at radius 1 is 1.29 bits per heavy atom. The molecule has 1 spiro atoms. The number of aliphatic imine (C=N–C) groups is 1. The van der Waals surface area contributed by atoms with E-state index in [2.05, 4.69) is 23.7 Å². The lowest BCUT2D eigenvalue weighted by molar-refractivity contribution is 0.116. The van der Waals surface area contributed by atoms with Gasteiger partial charge in [0, 0.05) is 6.04 Å². The molecule has 2 aliphatic rings. The summed E-state index contributed by atoms with van der Waals surface area (Å²) < 4.78 is 0. The van der Waals surface area contributed by atoms with Gasteiger partial charge in [0.2, 0.25) is 0 Å². The van der Waals surface area contributed by atoms with E-state index in [0.717, 1.165) is 12.5 Å².